The van der Waals surface area contributed by atoms with Crippen molar-refractivity contribution in [2.24, 2.45) is 0 Å². The molecule has 2 N–H and O–H groups in total. The molecule has 0 unspecified atom stereocenters. The van der Waals surface area contributed by atoms with Crippen molar-refractivity contribution in [3.05, 3.63) is 22.7 Å². The summed E-state index contributed by atoms with van der Waals surface area (Å²) in [6.45, 7) is 1.76. The highest BCUT2D eigenvalue weighted by Crippen LogP contribution is 2.08. The van der Waals surface area contributed by atoms with Crippen LogP contribution in [0, 0.1) is 0 Å². The molecule has 1 aliphatic heterocycles. The van der Waals surface area contributed by atoms with E-state index in [0.29, 0.717) is 0 Å². The Hall–Kier alpha value is -1.85. The highest BCUT2D eigenvalue weighted by Gasteiger charge is 2.16. The van der Waals surface area contributed by atoms with Gasteiger partial charge in [-0.15, -0.1) is 0 Å². The molecule has 0 radical (unpaired) electrons. The molecule has 2 heterocycles. The predicted molar refractivity (Wildman–Crippen MR) is 63.8 cm³/mol. The van der Waals surface area contributed by atoms with E-state index in [1.165, 1.54) is 18.8 Å². The molecule has 0 spiro atoms. The smallest absolute Gasteiger partial charge is 0.290 e. The quantitative estimate of drug-likeness (QED) is 0.785. The number of hydrogen-bond donors (Lipinski definition) is 2. The molecule has 17 heavy (non-hydrogen) atoms. The van der Waals surface area contributed by atoms with Crippen LogP contribution in [0.1, 0.15) is 19.3 Å². The van der Waals surface area contributed by atoms with E-state index in [9.17, 15) is 9.59 Å². The number of likely N-dealkylation sites (tertiary alicyclic amines) is 1. The number of piperidine rings is 1. The SMILES string of the molecule is O=C(CNc1ncc[nH]c1=O)N1CCCCC1. The Kier molecular flexibility index (Phi) is 3.74. The highest BCUT2D eigenvalue weighted by molar-refractivity contribution is 5.80. The molecular formula is C11H16N4O2. The van der Waals surface area contributed by atoms with Crippen molar-refractivity contribution >= 4 is 11.7 Å². The molecule has 1 fully saturated rings. The Morgan fingerprint density at radius 2 is 2.18 bits per heavy atom. The number of hydrogen-bond acceptors (Lipinski definition) is 4. The van der Waals surface area contributed by atoms with Gasteiger partial charge in [0.1, 0.15) is 0 Å². The number of carbonyl (C=O) groups excluding carboxylic acids is 1. The molecule has 6 heteroatoms. The molecule has 2 rings (SSSR count). The van der Waals surface area contributed by atoms with Crippen LogP contribution in [0.25, 0.3) is 0 Å². The monoisotopic (exact) mass is 236 g/mol. The molecule has 1 amide bonds. The standard InChI is InChI=1S/C11H16N4O2/c16-9(15-6-2-1-3-7-15)8-14-10-11(17)13-5-4-12-10/h4-5H,1-3,6-8H2,(H,12,14)(H,13,17). The highest BCUT2D eigenvalue weighted by atomic mass is 16.2. The second-order valence-corrected chi connectivity index (χ2v) is 4.06. The van der Waals surface area contributed by atoms with E-state index < -0.39 is 0 Å². The zero-order valence-corrected chi connectivity index (χ0v) is 9.61. The molecule has 92 valence electrons. The van der Waals surface area contributed by atoms with Gasteiger partial charge in [-0.3, -0.25) is 9.59 Å². The number of aromatic nitrogens is 2. The van der Waals surface area contributed by atoms with Crippen molar-refractivity contribution in [2.75, 3.05) is 25.0 Å². The maximum absolute atomic E-state index is 11.8. The first-order valence-corrected chi connectivity index (χ1v) is 5.83. The molecular weight excluding hydrogens is 220 g/mol. The maximum atomic E-state index is 11.8. The third-order valence-corrected chi connectivity index (χ3v) is 2.82. The lowest BCUT2D eigenvalue weighted by atomic mass is 10.1. The Balaban J connectivity index is 1.87. The number of H-pyrrole nitrogens is 1. The van der Waals surface area contributed by atoms with Crippen molar-refractivity contribution in [3.8, 4) is 0 Å². The minimum Gasteiger partial charge on any atom is -0.356 e. The van der Waals surface area contributed by atoms with Gasteiger partial charge in [-0.05, 0) is 19.3 Å². The summed E-state index contributed by atoms with van der Waals surface area (Å²) in [4.78, 5) is 31.3. The maximum Gasteiger partial charge on any atom is 0.290 e. The molecule has 0 aliphatic carbocycles. The first-order valence-electron chi connectivity index (χ1n) is 5.83. The van der Waals surface area contributed by atoms with E-state index in [-0.39, 0.29) is 23.8 Å². The van der Waals surface area contributed by atoms with Crippen molar-refractivity contribution in [1.29, 1.82) is 0 Å². The van der Waals surface area contributed by atoms with Crippen molar-refractivity contribution < 1.29 is 4.79 Å². The minimum absolute atomic E-state index is 0.0229. The molecule has 0 aromatic carbocycles. The van der Waals surface area contributed by atoms with Crippen LogP contribution >= 0.6 is 0 Å². The third kappa shape index (κ3) is 3.05. The lowest BCUT2D eigenvalue weighted by Gasteiger charge is -2.26. The number of rotatable bonds is 3. The fraction of sp³-hybridized carbons (Fsp3) is 0.545. The number of amides is 1. The number of anilines is 1. The van der Waals surface area contributed by atoms with Gasteiger partial charge in [-0.2, -0.15) is 0 Å². The minimum atomic E-state index is -0.307. The molecule has 6 nitrogen and oxygen atoms in total. The fourth-order valence-electron chi connectivity index (χ4n) is 1.89. The third-order valence-electron chi connectivity index (χ3n) is 2.82. The summed E-state index contributed by atoms with van der Waals surface area (Å²) < 4.78 is 0. The van der Waals surface area contributed by atoms with Gasteiger partial charge in [-0.25, -0.2) is 4.98 Å². The normalized spacial score (nSPS) is 15.6. The van der Waals surface area contributed by atoms with Gasteiger partial charge in [0, 0.05) is 25.5 Å². The summed E-state index contributed by atoms with van der Waals surface area (Å²) in [6.07, 6.45) is 6.26. The molecule has 1 aliphatic rings. The van der Waals surface area contributed by atoms with Gasteiger partial charge >= 0.3 is 0 Å². The van der Waals surface area contributed by atoms with Crippen molar-refractivity contribution in [2.45, 2.75) is 19.3 Å². The fourth-order valence-corrected chi connectivity index (χ4v) is 1.89. The van der Waals surface area contributed by atoms with Gasteiger partial charge in [0.25, 0.3) is 5.56 Å². The van der Waals surface area contributed by atoms with E-state index in [2.05, 4.69) is 15.3 Å². The molecule has 0 bridgehead atoms. The average molecular weight is 236 g/mol. The Labute approximate surface area is 99.1 Å². The second kappa shape index (κ2) is 5.47. The molecule has 1 saturated heterocycles. The van der Waals surface area contributed by atoms with Crippen LogP contribution < -0.4 is 10.9 Å². The average Bonchev–Trinajstić information content (AvgIpc) is 2.38. The van der Waals surface area contributed by atoms with Gasteiger partial charge < -0.3 is 15.2 Å². The summed E-state index contributed by atoms with van der Waals surface area (Å²) >= 11 is 0. The zero-order chi connectivity index (χ0) is 12.1. The number of nitrogens with one attached hydrogen (secondary N) is 2. The van der Waals surface area contributed by atoms with Gasteiger partial charge in [-0.1, -0.05) is 0 Å². The lowest BCUT2D eigenvalue weighted by Crippen LogP contribution is -2.39. The van der Waals surface area contributed by atoms with E-state index in [0.717, 1.165) is 25.9 Å². The number of nitrogens with zero attached hydrogens (tertiary/aromatic N) is 2. The van der Waals surface area contributed by atoms with Gasteiger partial charge in [0.05, 0.1) is 6.54 Å². The van der Waals surface area contributed by atoms with Crippen LogP contribution in [0.3, 0.4) is 0 Å². The number of carbonyl (C=O) groups is 1. The summed E-state index contributed by atoms with van der Waals surface area (Å²) in [5.74, 6) is 0.215. The summed E-state index contributed by atoms with van der Waals surface area (Å²) in [7, 11) is 0. The molecule has 0 saturated carbocycles. The summed E-state index contributed by atoms with van der Waals surface area (Å²) in [5, 5.41) is 2.76. The van der Waals surface area contributed by atoms with Crippen LogP contribution in [0.2, 0.25) is 0 Å². The topological polar surface area (TPSA) is 78.1 Å². The molecule has 1 aromatic rings. The second-order valence-electron chi connectivity index (χ2n) is 4.06. The first kappa shape index (κ1) is 11.6. The Bertz CT molecular complexity index is 437. The van der Waals surface area contributed by atoms with Crippen LogP contribution in [-0.2, 0) is 4.79 Å². The lowest BCUT2D eigenvalue weighted by molar-refractivity contribution is -0.130. The van der Waals surface area contributed by atoms with Crippen LogP contribution in [0.15, 0.2) is 17.2 Å². The Morgan fingerprint density at radius 3 is 2.88 bits per heavy atom. The van der Waals surface area contributed by atoms with Crippen LogP contribution in [0.5, 0.6) is 0 Å². The summed E-state index contributed by atoms with van der Waals surface area (Å²) in [6, 6.07) is 0. The molecule has 0 atom stereocenters. The van der Waals surface area contributed by atoms with Crippen molar-refractivity contribution in [1.82, 2.24) is 14.9 Å². The predicted octanol–water partition coefficient (Wildman–Crippen LogP) is 0.194. The van der Waals surface area contributed by atoms with E-state index in [4.69, 9.17) is 0 Å². The first-order chi connectivity index (χ1) is 8.27. The number of aromatic amines is 1. The van der Waals surface area contributed by atoms with Gasteiger partial charge in [0.2, 0.25) is 5.91 Å². The van der Waals surface area contributed by atoms with E-state index >= 15 is 0 Å². The van der Waals surface area contributed by atoms with E-state index in [1.807, 2.05) is 4.90 Å². The van der Waals surface area contributed by atoms with Crippen molar-refractivity contribution in [3.63, 3.8) is 0 Å². The van der Waals surface area contributed by atoms with Crippen LogP contribution in [0.4, 0.5) is 5.82 Å². The largest absolute Gasteiger partial charge is 0.356 e. The Morgan fingerprint density at radius 1 is 1.41 bits per heavy atom. The van der Waals surface area contributed by atoms with Crippen LogP contribution in [-0.4, -0.2) is 40.4 Å². The summed E-state index contributed by atoms with van der Waals surface area (Å²) in [5.41, 5.74) is -0.307. The zero-order valence-electron chi connectivity index (χ0n) is 9.61. The van der Waals surface area contributed by atoms with E-state index in [1.54, 1.807) is 0 Å². The van der Waals surface area contributed by atoms with Gasteiger partial charge in [0.15, 0.2) is 5.82 Å². The molecule has 1 aromatic heterocycles.